The van der Waals surface area contributed by atoms with E-state index in [0.717, 1.165) is 16.6 Å². The molecule has 2 aromatic rings. The summed E-state index contributed by atoms with van der Waals surface area (Å²) in [5.41, 5.74) is 0.670. The maximum Gasteiger partial charge on any atom is 0.226 e. The van der Waals surface area contributed by atoms with Gasteiger partial charge in [-0.05, 0) is 30.0 Å². The Morgan fingerprint density at radius 3 is 3.12 bits per heavy atom. The number of hydrogen-bond donors (Lipinski definition) is 2. The number of nitrogens with one attached hydrogen (secondary N) is 2. The van der Waals surface area contributed by atoms with Crippen LogP contribution in [0.3, 0.4) is 0 Å². The Balaban J connectivity index is 1.59. The van der Waals surface area contributed by atoms with Crippen molar-refractivity contribution >= 4 is 35.0 Å². The average molecular weight is 368 g/mol. The van der Waals surface area contributed by atoms with Crippen molar-refractivity contribution < 1.29 is 9.53 Å². The minimum atomic E-state index is -0.0669. The summed E-state index contributed by atoms with van der Waals surface area (Å²) < 4.78 is 7.16. The molecule has 1 saturated heterocycles. The number of amides is 1. The molecule has 24 heavy (non-hydrogen) atoms. The fourth-order valence-electron chi connectivity index (χ4n) is 2.31. The molecule has 1 amide bonds. The second-order valence-corrected chi connectivity index (χ2v) is 6.87. The number of carbonyl (C=O) groups is 1. The van der Waals surface area contributed by atoms with Crippen LogP contribution in [0.15, 0.2) is 34.6 Å². The molecule has 1 unspecified atom stereocenters. The first-order chi connectivity index (χ1) is 11.6. The van der Waals surface area contributed by atoms with E-state index in [4.69, 9.17) is 16.3 Å². The molecule has 0 aliphatic carbocycles. The smallest absolute Gasteiger partial charge is 0.226 e. The maximum atomic E-state index is 12.1. The predicted molar refractivity (Wildman–Crippen MR) is 92.4 cm³/mol. The number of halogens is 1. The van der Waals surface area contributed by atoms with Gasteiger partial charge in [-0.25, -0.2) is 0 Å². The topological polar surface area (TPSA) is 81.1 Å². The Hall–Kier alpha value is -1.61. The van der Waals surface area contributed by atoms with E-state index in [1.807, 2.05) is 23.7 Å². The van der Waals surface area contributed by atoms with Gasteiger partial charge in [-0.1, -0.05) is 11.6 Å². The molecule has 1 atom stereocenters. The number of hydrogen-bond acceptors (Lipinski definition) is 6. The van der Waals surface area contributed by atoms with Crippen LogP contribution in [-0.4, -0.2) is 46.5 Å². The molecule has 1 aliphatic heterocycles. The van der Waals surface area contributed by atoms with Crippen molar-refractivity contribution in [1.82, 2.24) is 20.1 Å². The molecule has 3 rings (SSSR count). The standard InChI is InChI=1S/C15H18ClN5O2S/c1-21-9-18-20-15(21)24-13-3-2-10(6-12(13)16)19-14(22)7-11-8-23-5-4-17-11/h2-3,6,9,11,17H,4-5,7-8H2,1H3,(H,19,22). The molecule has 1 aliphatic rings. The Labute approximate surface area is 149 Å². The molecule has 0 radical (unpaired) electrons. The van der Waals surface area contributed by atoms with Crippen LogP contribution in [0.2, 0.25) is 5.02 Å². The van der Waals surface area contributed by atoms with Gasteiger partial charge >= 0.3 is 0 Å². The fourth-order valence-corrected chi connectivity index (χ4v) is 3.38. The largest absolute Gasteiger partial charge is 0.378 e. The Morgan fingerprint density at radius 2 is 2.46 bits per heavy atom. The Morgan fingerprint density at radius 1 is 1.58 bits per heavy atom. The highest BCUT2D eigenvalue weighted by molar-refractivity contribution is 7.99. The van der Waals surface area contributed by atoms with Crippen LogP contribution < -0.4 is 10.6 Å². The number of ether oxygens (including phenoxy) is 1. The third kappa shape index (κ3) is 4.47. The number of aryl methyl sites for hydroxylation is 1. The molecule has 2 heterocycles. The molecular formula is C15H18ClN5O2S. The molecule has 128 valence electrons. The average Bonchev–Trinajstić information content (AvgIpc) is 2.96. The highest BCUT2D eigenvalue weighted by atomic mass is 35.5. The lowest BCUT2D eigenvalue weighted by molar-refractivity contribution is -0.117. The van der Waals surface area contributed by atoms with Crippen LogP contribution in [-0.2, 0) is 16.6 Å². The van der Waals surface area contributed by atoms with Crippen molar-refractivity contribution in [2.75, 3.05) is 25.1 Å². The van der Waals surface area contributed by atoms with Gasteiger partial charge in [0.05, 0.1) is 18.2 Å². The number of rotatable bonds is 5. The molecule has 0 bridgehead atoms. The number of nitrogens with zero attached hydrogens (tertiary/aromatic N) is 3. The van der Waals surface area contributed by atoms with Crippen molar-refractivity contribution in [2.45, 2.75) is 22.5 Å². The van der Waals surface area contributed by atoms with E-state index in [9.17, 15) is 4.79 Å². The lowest BCUT2D eigenvalue weighted by Gasteiger charge is -2.23. The van der Waals surface area contributed by atoms with Crippen LogP contribution in [0.4, 0.5) is 5.69 Å². The predicted octanol–water partition coefficient (Wildman–Crippen LogP) is 1.94. The highest BCUT2D eigenvalue weighted by Gasteiger charge is 2.17. The van der Waals surface area contributed by atoms with E-state index in [2.05, 4.69) is 20.8 Å². The first-order valence-corrected chi connectivity index (χ1v) is 8.73. The van der Waals surface area contributed by atoms with Crippen LogP contribution in [0.5, 0.6) is 0 Å². The number of anilines is 1. The SMILES string of the molecule is Cn1cnnc1Sc1ccc(NC(=O)CC2COCCN2)cc1Cl. The zero-order valence-electron chi connectivity index (χ0n) is 13.2. The summed E-state index contributed by atoms with van der Waals surface area (Å²) in [4.78, 5) is 13.0. The molecule has 0 saturated carbocycles. The van der Waals surface area contributed by atoms with Gasteiger partial charge in [0.25, 0.3) is 0 Å². The van der Waals surface area contributed by atoms with E-state index in [1.165, 1.54) is 11.8 Å². The van der Waals surface area contributed by atoms with E-state index in [1.54, 1.807) is 12.4 Å². The van der Waals surface area contributed by atoms with Crippen LogP contribution in [0.1, 0.15) is 6.42 Å². The van der Waals surface area contributed by atoms with Gasteiger partial charge < -0.3 is 19.9 Å². The molecule has 9 heteroatoms. The lowest BCUT2D eigenvalue weighted by Crippen LogP contribution is -2.43. The summed E-state index contributed by atoms with van der Waals surface area (Å²) in [6, 6.07) is 5.48. The summed E-state index contributed by atoms with van der Waals surface area (Å²) in [6.45, 7) is 2.03. The minimum absolute atomic E-state index is 0.0555. The first-order valence-electron chi connectivity index (χ1n) is 7.54. The quantitative estimate of drug-likeness (QED) is 0.840. The number of benzene rings is 1. The number of aromatic nitrogens is 3. The molecule has 0 spiro atoms. The zero-order chi connectivity index (χ0) is 16.9. The van der Waals surface area contributed by atoms with E-state index in [-0.39, 0.29) is 11.9 Å². The summed E-state index contributed by atoms with van der Waals surface area (Å²) >= 11 is 7.73. The molecule has 2 N–H and O–H groups in total. The van der Waals surface area contributed by atoms with E-state index < -0.39 is 0 Å². The molecular weight excluding hydrogens is 350 g/mol. The van der Waals surface area contributed by atoms with Crippen molar-refractivity contribution in [3.63, 3.8) is 0 Å². The summed E-state index contributed by atoms with van der Waals surface area (Å²) in [5.74, 6) is -0.0669. The summed E-state index contributed by atoms with van der Waals surface area (Å²) in [5, 5.41) is 15.3. The van der Waals surface area contributed by atoms with Crippen LogP contribution in [0, 0.1) is 0 Å². The van der Waals surface area contributed by atoms with Crippen molar-refractivity contribution in [1.29, 1.82) is 0 Å². The summed E-state index contributed by atoms with van der Waals surface area (Å²) in [6.07, 6.45) is 2.00. The van der Waals surface area contributed by atoms with Gasteiger partial charge in [-0.3, -0.25) is 4.79 Å². The van der Waals surface area contributed by atoms with Crippen LogP contribution >= 0.6 is 23.4 Å². The summed E-state index contributed by atoms with van der Waals surface area (Å²) in [7, 11) is 1.87. The van der Waals surface area contributed by atoms with Crippen molar-refractivity contribution in [3.8, 4) is 0 Å². The van der Waals surface area contributed by atoms with E-state index in [0.29, 0.717) is 30.3 Å². The minimum Gasteiger partial charge on any atom is -0.378 e. The third-order valence-corrected chi connectivity index (χ3v) is 5.07. The third-order valence-electron chi connectivity index (χ3n) is 3.52. The number of carbonyl (C=O) groups excluding carboxylic acids is 1. The zero-order valence-corrected chi connectivity index (χ0v) is 14.7. The van der Waals surface area contributed by atoms with Crippen molar-refractivity contribution in [3.05, 3.63) is 29.5 Å². The second-order valence-electron chi connectivity index (χ2n) is 5.45. The van der Waals surface area contributed by atoms with Gasteiger partial charge in [0.2, 0.25) is 5.91 Å². The molecule has 1 aromatic heterocycles. The first kappa shape index (κ1) is 17.2. The lowest BCUT2D eigenvalue weighted by atomic mass is 10.2. The molecule has 7 nitrogen and oxygen atoms in total. The molecule has 1 aromatic carbocycles. The van der Waals surface area contributed by atoms with Crippen molar-refractivity contribution in [2.24, 2.45) is 7.05 Å². The Kier molecular flexibility index (Phi) is 5.72. The number of morpholine rings is 1. The molecule has 1 fully saturated rings. The highest BCUT2D eigenvalue weighted by Crippen LogP contribution is 2.33. The van der Waals surface area contributed by atoms with Gasteiger partial charge in [0.15, 0.2) is 5.16 Å². The van der Waals surface area contributed by atoms with Gasteiger partial charge in [-0.2, -0.15) is 0 Å². The van der Waals surface area contributed by atoms with Crippen LogP contribution in [0.25, 0.3) is 0 Å². The van der Waals surface area contributed by atoms with E-state index >= 15 is 0 Å². The maximum absolute atomic E-state index is 12.1. The fraction of sp³-hybridized carbons (Fsp3) is 0.400. The van der Waals surface area contributed by atoms with Gasteiger partial charge in [0, 0.05) is 36.6 Å². The van der Waals surface area contributed by atoms with Gasteiger partial charge in [0.1, 0.15) is 6.33 Å². The Bertz CT molecular complexity index is 718. The second kappa shape index (κ2) is 7.98. The normalized spacial score (nSPS) is 17.7. The monoisotopic (exact) mass is 367 g/mol. The van der Waals surface area contributed by atoms with Gasteiger partial charge in [-0.15, -0.1) is 10.2 Å².